The predicted octanol–water partition coefficient (Wildman–Crippen LogP) is 1.31. The standard InChI is InChI=1S/C10H13N5/c1-7-2-3-9(11)10(14-7)12-6-8-4-5-13-15-8/h2-5H,6,11H2,1H3,(H,12,14)(H,13,15). The minimum atomic E-state index is 0.640. The summed E-state index contributed by atoms with van der Waals surface area (Å²) in [5, 5.41) is 9.87. The van der Waals surface area contributed by atoms with Gasteiger partial charge in [-0.3, -0.25) is 5.10 Å². The van der Waals surface area contributed by atoms with Crippen molar-refractivity contribution in [3.8, 4) is 0 Å². The van der Waals surface area contributed by atoms with Crippen LogP contribution in [0.2, 0.25) is 0 Å². The Bertz CT molecular complexity index is 435. The Morgan fingerprint density at radius 3 is 3.00 bits per heavy atom. The Balaban J connectivity index is 2.07. The maximum Gasteiger partial charge on any atom is 0.149 e. The number of rotatable bonds is 3. The molecule has 2 aromatic heterocycles. The summed E-state index contributed by atoms with van der Waals surface area (Å²) in [5.74, 6) is 0.713. The number of pyridine rings is 1. The Labute approximate surface area is 87.7 Å². The highest BCUT2D eigenvalue weighted by molar-refractivity contribution is 5.61. The first-order valence-corrected chi connectivity index (χ1v) is 4.71. The van der Waals surface area contributed by atoms with Crippen LogP contribution in [-0.4, -0.2) is 15.2 Å². The van der Waals surface area contributed by atoms with Gasteiger partial charge in [-0.15, -0.1) is 0 Å². The monoisotopic (exact) mass is 203 g/mol. The van der Waals surface area contributed by atoms with E-state index in [0.29, 0.717) is 18.1 Å². The van der Waals surface area contributed by atoms with Gasteiger partial charge in [0.15, 0.2) is 0 Å². The molecule has 0 bridgehead atoms. The molecule has 0 spiro atoms. The van der Waals surface area contributed by atoms with E-state index >= 15 is 0 Å². The van der Waals surface area contributed by atoms with Crippen molar-refractivity contribution in [3.63, 3.8) is 0 Å². The molecule has 0 fully saturated rings. The molecule has 0 aliphatic carbocycles. The van der Waals surface area contributed by atoms with E-state index in [1.54, 1.807) is 6.20 Å². The summed E-state index contributed by atoms with van der Waals surface area (Å²) in [6.45, 7) is 2.57. The normalized spacial score (nSPS) is 10.2. The fraction of sp³-hybridized carbons (Fsp3) is 0.200. The van der Waals surface area contributed by atoms with E-state index in [-0.39, 0.29) is 0 Å². The summed E-state index contributed by atoms with van der Waals surface area (Å²) in [4.78, 5) is 4.30. The molecular formula is C10H13N5. The molecule has 0 atom stereocenters. The molecule has 4 N–H and O–H groups in total. The number of anilines is 2. The van der Waals surface area contributed by atoms with Gasteiger partial charge >= 0.3 is 0 Å². The Hall–Kier alpha value is -2.04. The number of aromatic amines is 1. The van der Waals surface area contributed by atoms with Crippen molar-refractivity contribution in [2.24, 2.45) is 0 Å². The number of nitrogen functional groups attached to an aromatic ring is 1. The number of nitrogens with two attached hydrogens (primary N) is 1. The third-order valence-corrected chi connectivity index (χ3v) is 2.07. The summed E-state index contributed by atoms with van der Waals surface area (Å²) >= 11 is 0. The quantitative estimate of drug-likeness (QED) is 0.702. The lowest BCUT2D eigenvalue weighted by Crippen LogP contribution is -2.05. The number of aryl methyl sites for hydroxylation is 1. The molecule has 0 unspecified atom stereocenters. The molecular weight excluding hydrogens is 190 g/mol. The van der Waals surface area contributed by atoms with Crippen LogP contribution in [0.15, 0.2) is 24.4 Å². The summed E-state index contributed by atoms with van der Waals surface area (Å²) in [6.07, 6.45) is 1.71. The lowest BCUT2D eigenvalue weighted by atomic mass is 10.3. The summed E-state index contributed by atoms with van der Waals surface area (Å²) in [5.41, 5.74) is 8.37. The summed E-state index contributed by atoms with van der Waals surface area (Å²) < 4.78 is 0. The van der Waals surface area contributed by atoms with Crippen LogP contribution in [0.1, 0.15) is 11.4 Å². The van der Waals surface area contributed by atoms with Crippen molar-refractivity contribution in [2.45, 2.75) is 13.5 Å². The number of nitrogens with zero attached hydrogens (tertiary/aromatic N) is 2. The third kappa shape index (κ3) is 2.25. The van der Waals surface area contributed by atoms with Crippen molar-refractivity contribution in [3.05, 3.63) is 35.8 Å². The first kappa shape index (κ1) is 9.51. The Morgan fingerprint density at radius 2 is 2.27 bits per heavy atom. The molecule has 2 aromatic rings. The van der Waals surface area contributed by atoms with Gasteiger partial charge in [0.25, 0.3) is 0 Å². The predicted molar refractivity (Wildman–Crippen MR) is 59.3 cm³/mol. The van der Waals surface area contributed by atoms with E-state index < -0.39 is 0 Å². The van der Waals surface area contributed by atoms with Gasteiger partial charge in [0, 0.05) is 11.9 Å². The molecule has 2 rings (SSSR count). The fourth-order valence-electron chi connectivity index (χ4n) is 1.27. The van der Waals surface area contributed by atoms with Gasteiger partial charge in [-0.2, -0.15) is 5.10 Å². The van der Waals surface area contributed by atoms with Crippen LogP contribution in [0.4, 0.5) is 11.5 Å². The number of hydrogen-bond donors (Lipinski definition) is 3. The highest BCUT2D eigenvalue weighted by Gasteiger charge is 2.01. The molecule has 0 aliphatic heterocycles. The molecule has 0 saturated carbocycles. The highest BCUT2D eigenvalue weighted by Crippen LogP contribution is 2.15. The second-order valence-electron chi connectivity index (χ2n) is 3.33. The SMILES string of the molecule is Cc1ccc(N)c(NCc2ccn[nH]2)n1. The second-order valence-corrected chi connectivity index (χ2v) is 3.33. The third-order valence-electron chi connectivity index (χ3n) is 2.07. The molecule has 0 saturated heterocycles. The molecule has 15 heavy (non-hydrogen) atoms. The number of nitrogens with one attached hydrogen (secondary N) is 2. The van der Waals surface area contributed by atoms with Crippen LogP contribution in [0.3, 0.4) is 0 Å². The summed E-state index contributed by atoms with van der Waals surface area (Å²) in [6, 6.07) is 5.63. The molecule has 0 amide bonds. The van der Waals surface area contributed by atoms with Gasteiger partial charge in [0.1, 0.15) is 5.82 Å². The Morgan fingerprint density at radius 1 is 1.40 bits per heavy atom. The zero-order valence-corrected chi connectivity index (χ0v) is 8.49. The van der Waals surface area contributed by atoms with E-state index in [1.165, 1.54) is 0 Å². The van der Waals surface area contributed by atoms with Crippen LogP contribution in [0, 0.1) is 6.92 Å². The van der Waals surface area contributed by atoms with Gasteiger partial charge in [0.2, 0.25) is 0 Å². The smallest absolute Gasteiger partial charge is 0.149 e. The second kappa shape index (κ2) is 4.00. The van der Waals surface area contributed by atoms with Gasteiger partial charge < -0.3 is 11.1 Å². The average molecular weight is 203 g/mol. The number of hydrogen-bond acceptors (Lipinski definition) is 4. The largest absolute Gasteiger partial charge is 0.396 e. The van der Waals surface area contributed by atoms with Gasteiger partial charge in [-0.05, 0) is 25.1 Å². The minimum absolute atomic E-state index is 0.640. The molecule has 0 aromatic carbocycles. The highest BCUT2D eigenvalue weighted by atomic mass is 15.1. The molecule has 0 radical (unpaired) electrons. The molecule has 78 valence electrons. The van der Waals surface area contributed by atoms with E-state index in [1.807, 2.05) is 25.1 Å². The maximum atomic E-state index is 5.78. The first-order valence-electron chi connectivity index (χ1n) is 4.71. The zero-order chi connectivity index (χ0) is 10.7. The van der Waals surface area contributed by atoms with Crippen molar-refractivity contribution >= 4 is 11.5 Å². The van der Waals surface area contributed by atoms with E-state index in [0.717, 1.165) is 11.4 Å². The van der Waals surface area contributed by atoms with Crippen molar-refractivity contribution < 1.29 is 0 Å². The van der Waals surface area contributed by atoms with Crippen LogP contribution < -0.4 is 11.1 Å². The Kier molecular flexibility index (Phi) is 2.53. The van der Waals surface area contributed by atoms with Gasteiger partial charge in [0.05, 0.1) is 17.9 Å². The molecule has 5 nitrogen and oxygen atoms in total. The van der Waals surface area contributed by atoms with Crippen LogP contribution in [0.25, 0.3) is 0 Å². The van der Waals surface area contributed by atoms with Crippen LogP contribution >= 0.6 is 0 Å². The summed E-state index contributed by atoms with van der Waals surface area (Å²) in [7, 11) is 0. The number of H-pyrrole nitrogens is 1. The van der Waals surface area contributed by atoms with Crippen molar-refractivity contribution in [2.75, 3.05) is 11.1 Å². The maximum absolute atomic E-state index is 5.78. The lowest BCUT2D eigenvalue weighted by Gasteiger charge is -2.07. The van der Waals surface area contributed by atoms with E-state index in [4.69, 9.17) is 5.73 Å². The van der Waals surface area contributed by atoms with Crippen molar-refractivity contribution in [1.82, 2.24) is 15.2 Å². The molecule has 5 heteroatoms. The zero-order valence-electron chi connectivity index (χ0n) is 8.49. The lowest BCUT2D eigenvalue weighted by molar-refractivity contribution is 0.972. The van der Waals surface area contributed by atoms with Crippen molar-refractivity contribution in [1.29, 1.82) is 0 Å². The molecule has 2 heterocycles. The van der Waals surface area contributed by atoms with E-state index in [2.05, 4.69) is 20.5 Å². The molecule has 0 aliphatic rings. The van der Waals surface area contributed by atoms with Gasteiger partial charge in [-0.1, -0.05) is 0 Å². The minimum Gasteiger partial charge on any atom is -0.396 e. The topological polar surface area (TPSA) is 79.6 Å². The first-order chi connectivity index (χ1) is 7.25. The van der Waals surface area contributed by atoms with Crippen LogP contribution in [0.5, 0.6) is 0 Å². The average Bonchev–Trinajstić information content (AvgIpc) is 2.72. The van der Waals surface area contributed by atoms with Gasteiger partial charge in [-0.25, -0.2) is 4.98 Å². The number of aromatic nitrogens is 3. The van der Waals surface area contributed by atoms with Crippen LogP contribution in [-0.2, 0) is 6.54 Å². The fourth-order valence-corrected chi connectivity index (χ4v) is 1.27. The van der Waals surface area contributed by atoms with E-state index in [9.17, 15) is 0 Å².